The predicted octanol–water partition coefficient (Wildman–Crippen LogP) is 2.46. The summed E-state index contributed by atoms with van der Waals surface area (Å²) in [7, 11) is 0. The number of carbonyl (C=O) groups excluding carboxylic acids is 2. The molecule has 4 nitrogen and oxygen atoms in total. The molecule has 2 unspecified atom stereocenters. The van der Waals surface area contributed by atoms with Crippen molar-refractivity contribution in [3.63, 3.8) is 0 Å². The Hall–Kier alpha value is -1.55. The van der Waals surface area contributed by atoms with Crippen molar-refractivity contribution in [2.45, 2.75) is 38.3 Å². The van der Waals surface area contributed by atoms with Crippen LogP contribution in [-0.2, 0) is 9.59 Å². The van der Waals surface area contributed by atoms with Crippen LogP contribution in [0.1, 0.15) is 26.2 Å². The van der Waals surface area contributed by atoms with Gasteiger partial charge in [-0.3, -0.25) is 14.5 Å². The maximum atomic E-state index is 12.7. The Kier molecular flexibility index (Phi) is 3.42. The lowest BCUT2D eigenvalue weighted by atomic mass is 9.95. The lowest BCUT2D eigenvalue weighted by Gasteiger charge is -2.46. The van der Waals surface area contributed by atoms with Crippen molar-refractivity contribution in [1.82, 2.24) is 4.90 Å². The average molecular weight is 293 g/mol. The van der Waals surface area contributed by atoms with Crippen LogP contribution in [0.3, 0.4) is 0 Å². The average Bonchev–Trinajstić information content (AvgIpc) is 2.47. The SMILES string of the molecule is CC1C(=O)N2CCCCC2C(=O)N1c1ccc(Cl)cc1. The monoisotopic (exact) mass is 292 g/mol. The molecule has 1 aromatic rings. The highest BCUT2D eigenvalue weighted by atomic mass is 35.5. The number of benzene rings is 1. The minimum absolute atomic E-state index is 0.0270. The fraction of sp³-hybridized carbons (Fsp3) is 0.467. The van der Waals surface area contributed by atoms with Gasteiger partial charge in [-0.25, -0.2) is 0 Å². The molecule has 5 heteroatoms. The fourth-order valence-electron chi connectivity index (χ4n) is 3.11. The first-order valence-electron chi connectivity index (χ1n) is 6.98. The number of hydrogen-bond donors (Lipinski definition) is 0. The van der Waals surface area contributed by atoms with Gasteiger partial charge in [-0.2, -0.15) is 0 Å². The van der Waals surface area contributed by atoms with Gasteiger partial charge in [-0.15, -0.1) is 0 Å². The van der Waals surface area contributed by atoms with Crippen LogP contribution in [0.4, 0.5) is 5.69 Å². The van der Waals surface area contributed by atoms with E-state index in [2.05, 4.69) is 0 Å². The number of piperidine rings is 1. The van der Waals surface area contributed by atoms with Gasteiger partial charge in [0.1, 0.15) is 12.1 Å². The fourth-order valence-corrected chi connectivity index (χ4v) is 3.23. The van der Waals surface area contributed by atoms with Gasteiger partial charge in [0.25, 0.3) is 5.91 Å². The zero-order chi connectivity index (χ0) is 14.3. The topological polar surface area (TPSA) is 40.6 Å². The minimum atomic E-state index is -0.446. The van der Waals surface area contributed by atoms with Crippen LogP contribution < -0.4 is 4.90 Å². The van der Waals surface area contributed by atoms with E-state index in [0.29, 0.717) is 11.6 Å². The second-order valence-electron chi connectivity index (χ2n) is 5.40. The molecular weight excluding hydrogens is 276 g/mol. The Morgan fingerprint density at radius 3 is 2.50 bits per heavy atom. The first-order valence-corrected chi connectivity index (χ1v) is 7.36. The van der Waals surface area contributed by atoms with E-state index in [1.54, 1.807) is 41.0 Å². The standard InChI is InChI=1S/C15H17ClN2O2/c1-10-14(19)17-9-3-2-4-13(17)15(20)18(10)12-7-5-11(16)6-8-12/h5-8,10,13H,2-4,9H2,1H3. The molecule has 2 aliphatic heterocycles. The maximum Gasteiger partial charge on any atom is 0.250 e. The third-order valence-corrected chi connectivity index (χ3v) is 4.41. The number of carbonyl (C=O) groups is 2. The number of rotatable bonds is 1. The molecule has 0 radical (unpaired) electrons. The number of hydrogen-bond acceptors (Lipinski definition) is 2. The normalized spacial score (nSPS) is 26.7. The summed E-state index contributed by atoms with van der Waals surface area (Å²) in [5, 5.41) is 0.622. The van der Waals surface area contributed by atoms with Crippen LogP contribution in [-0.4, -0.2) is 35.3 Å². The first-order chi connectivity index (χ1) is 9.59. The van der Waals surface area contributed by atoms with Gasteiger partial charge in [0.15, 0.2) is 0 Å². The lowest BCUT2D eigenvalue weighted by molar-refractivity contribution is -0.147. The van der Waals surface area contributed by atoms with Crippen molar-refractivity contribution >= 4 is 29.1 Å². The van der Waals surface area contributed by atoms with Gasteiger partial charge < -0.3 is 4.90 Å². The van der Waals surface area contributed by atoms with Crippen LogP contribution in [0.15, 0.2) is 24.3 Å². The van der Waals surface area contributed by atoms with Crippen molar-refractivity contribution in [2.24, 2.45) is 0 Å². The molecule has 0 spiro atoms. The molecule has 2 amide bonds. The van der Waals surface area contributed by atoms with E-state index >= 15 is 0 Å². The zero-order valence-corrected chi connectivity index (χ0v) is 12.1. The third kappa shape index (κ3) is 2.08. The van der Waals surface area contributed by atoms with Gasteiger partial charge in [0.05, 0.1) is 0 Å². The minimum Gasteiger partial charge on any atom is -0.329 e. The third-order valence-electron chi connectivity index (χ3n) is 4.16. The van der Waals surface area contributed by atoms with Gasteiger partial charge in [-0.1, -0.05) is 11.6 Å². The van der Waals surface area contributed by atoms with E-state index in [0.717, 1.165) is 24.9 Å². The number of piperazine rings is 1. The van der Waals surface area contributed by atoms with Crippen molar-refractivity contribution in [3.8, 4) is 0 Å². The summed E-state index contributed by atoms with van der Waals surface area (Å²) in [4.78, 5) is 28.5. The van der Waals surface area contributed by atoms with E-state index < -0.39 is 6.04 Å². The molecule has 2 atom stereocenters. The van der Waals surface area contributed by atoms with Crippen LogP contribution in [0.25, 0.3) is 0 Å². The Balaban J connectivity index is 1.96. The van der Waals surface area contributed by atoms with Crippen molar-refractivity contribution < 1.29 is 9.59 Å². The van der Waals surface area contributed by atoms with E-state index in [4.69, 9.17) is 11.6 Å². The molecule has 0 bridgehead atoms. The summed E-state index contributed by atoms with van der Waals surface area (Å²) in [6.07, 6.45) is 2.76. The highest BCUT2D eigenvalue weighted by molar-refractivity contribution is 6.30. The Morgan fingerprint density at radius 1 is 1.10 bits per heavy atom. The molecule has 20 heavy (non-hydrogen) atoms. The van der Waals surface area contributed by atoms with Crippen molar-refractivity contribution in [2.75, 3.05) is 11.4 Å². The summed E-state index contributed by atoms with van der Waals surface area (Å²) in [6.45, 7) is 2.49. The molecule has 0 aliphatic carbocycles. The number of halogens is 1. The van der Waals surface area contributed by atoms with Gasteiger partial charge in [-0.05, 0) is 50.5 Å². The quantitative estimate of drug-likeness (QED) is 0.798. The molecule has 2 heterocycles. The number of anilines is 1. The van der Waals surface area contributed by atoms with Crippen molar-refractivity contribution in [1.29, 1.82) is 0 Å². The molecule has 106 valence electrons. The largest absolute Gasteiger partial charge is 0.329 e. The van der Waals surface area contributed by atoms with Gasteiger partial charge in [0.2, 0.25) is 5.91 Å². The summed E-state index contributed by atoms with van der Waals surface area (Å²) in [6, 6.07) is 6.34. The van der Waals surface area contributed by atoms with Gasteiger partial charge in [0, 0.05) is 17.3 Å². The molecule has 0 saturated carbocycles. The van der Waals surface area contributed by atoms with E-state index in [-0.39, 0.29) is 17.9 Å². The number of fused-ring (bicyclic) bond motifs is 1. The highest BCUT2D eigenvalue weighted by Gasteiger charge is 2.45. The summed E-state index contributed by atoms with van der Waals surface area (Å²) < 4.78 is 0. The molecule has 2 saturated heterocycles. The molecule has 1 aromatic carbocycles. The number of amides is 2. The predicted molar refractivity (Wildman–Crippen MR) is 77.8 cm³/mol. The van der Waals surface area contributed by atoms with Gasteiger partial charge >= 0.3 is 0 Å². The molecule has 2 fully saturated rings. The summed E-state index contributed by atoms with van der Waals surface area (Å²) in [5.74, 6) is 0.0726. The lowest BCUT2D eigenvalue weighted by Crippen LogP contribution is -2.65. The molecule has 3 rings (SSSR count). The highest BCUT2D eigenvalue weighted by Crippen LogP contribution is 2.30. The van der Waals surface area contributed by atoms with E-state index in [1.165, 1.54) is 0 Å². The van der Waals surface area contributed by atoms with E-state index in [1.807, 2.05) is 0 Å². The second kappa shape index (κ2) is 5.09. The Labute approximate surface area is 123 Å². The summed E-state index contributed by atoms with van der Waals surface area (Å²) >= 11 is 5.88. The smallest absolute Gasteiger partial charge is 0.250 e. The molecule has 0 N–H and O–H groups in total. The number of nitrogens with zero attached hydrogens (tertiary/aromatic N) is 2. The van der Waals surface area contributed by atoms with Crippen molar-refractivity contribution in [3.05, 3.63) is 29.3 Å². The molecule has 0 aromatic heterocycles. The Morgan fingerprint density at radius 2 is 1.80 bits per heavy atom. The molecular formula is C15H17ClN2O2. The Bertz CT molecular complexity index is 543. The maximum absolute atomic E-state index is 12.7. The van der Waals surface area contributed by atoms with Crippen LogP contribution in [0, 0.1) is 0 Å². The van der Waals surface area contributed by atoms with Crippen LogP contribution in [0.2, 0.25) is 5.02 Å². The van der Waals surface area contributed by atoms with Crippen LogP contribution >= 0.6 is 11.6 Å². The molecule has 2 aliphatic rings. The summed E-state index contributed by atoms with van der Waals surface area (Å²) in [5.41, 5.74) is 0.741. The first kappa shape index (κ1) is 13.4. The van der Waals surface area contributed by atoms with Crippen LogP contribution in [0.5, 0.6) is 0 Å². The second-order valence-corrected chi connectivity index (χ2v) is 5.84. The zero-order valence-electron chi connectivity index (χ0n) is 11.4. The van der Waals surface area contributed by atoms with E-state index in [9.17, 15) is 9.59 Å².